The van der Waals surface area contributed by atoms with E-state index in [9.17, 15) is 13.2 Å². The minimum Gasteiger partial charge on any atom is -0.345 e. The van der Waals surface area contributed by atoms with Gasteiger partial charge in [-0.05, 0) is 69.1 Å². The van der Waals surface area contributed by atoms with Gasteiger partial charge in [0.25, 0.3) is 0 Å². The molecule has 1 aromatic carbocycles. The van der Waals surface area contributed by atoms with Gasteiger partial charge >= 0.3 is 6.18 Å². The van der Waals surface area contributed by atoms with Crippen LogP contribution in [0.5, 0.6) is 0 Å². The van der Waals surface area contributed by atoms with Gasteiger partial charge in [-0.3, -0.25) is 0 Å². The Hall–Kier alpha value is -1.49. The molecule has 0 N–H and O–H groups in total. The van der Waals surface area contributed by atoms with Crippen molar-refractivity contribution in [2.75, 3.05) is 19.6 Å². The zero-order valence-electron chi connectivity index (χ0n) is 15.4. The van der Waals surface area contributed by atoms with Crippen LogP contribution in [0.25, 0.3) is 10.9 Å². The van der Waals surface area contributed by atoms with Gasteiger partial charge in [-0.2, -0.15) is 13.2 Å². The third-order valence-corrected chi connectivity index (χ3v) is 6.60. The highest BCUT2D eigenvalue weighted by Crippen LogP contribution is 2.53. The lowest BCUT2D eigenvalue weighted by atomic mass is 9.67. The predicted molar refractivity (Wildman–Crippen MR) is 98.2 cm³/mol. The zero-order valence-corrected chi connectivity index (χ0v) is 15.4. The smallest absolute Gasteiger partial charge is 0.345 e. The summed E-state index contributed by atoms with van der Waals surface area (Å²) in [6, 6.07) is 10.6. The van der Waals surface area contributed by atoms with Crippen molar-refractivity contribution in [1.82, 2.24) is 9.47 Å². The molecule has 0 atom stereocenters. The number of para-hydroxylation sites is 1. The molecule has 0 spiro atoms. The number of halogens is 3. The van der Waals surface area contributed by atoms with E-state index in [-0.39, 0.29) is 6.54 Å². The molecule has 0 radical (unpaired) electrons. The number of hydrogen-bond acceptors (Lipinski definition) is 1. The molecule has 5 heteroatoms. The number of likely N-dealkylation sites (tertiary alicyclic amines) is 1. The van der Waals surface area contributed by atoms with Gasteiger partial charge in [-0.15, -0.1) is 0 Å². The largest absolute Gasteiger partial charge is 0.395 e. The lowest BCUT2D eigenvalue weighted by Crippen LogP contribution is -2.53. The van der Waals surface area contributed by atoms with Crippen molar-refractivity contribution in [1.29, 1.82) is 0 Å². The minimum atomic E-state index is -4.05. The number of rotatable bonds is 4. The second-order valence-corrected chi connectivity index (χ2v) is 8.31. The van der Waals surface area contributed by atoms with Crippen LogP contribution in [0.2, 0.25) is 0 Å². The van der Waals surface area contributed by atoms with Gasteiger partial charge in [0.2, 0.25) is 0 Å². The van der Waals surface area contributed by atoms with Crippen molar-refractivity contribution in [3.63, 3.8) is 0 Å². The van der Waals surface area contributed by atoms with E-state index >= 15 is 0 Å². The molecule has 0 bridgehead atoms. The fourth-order valence-corrected chi connectivity index (χ4v) is 4.74. The van der Waals surface area contributed by atoms with Crippen LogP contribution in [0, 0.1) is 18.3 Å². The number of alkyl halides is 3. The molecule has 0 unspecified atom stereocenters. The average Bonchev–Trinajstić information content (AvgIpc) is 2.87. The number of fused-ring (bicyclic) bond motifs is 1. The summed E-state index contributed by atoms with van der Waals surface area (Å²) in [5.74, 6) is 0.545. The SMILES string of the molecule is Cc1cc2ccccc2n1CC1CCN(CC2(C(F)(F)F)CCC2)CC1. The van der Waals surface area contributed by atoms with Gasteiger partial charge < -0.3 is 9.47 Å². The molecule has 0 amide bonds. The first-order valence-electron chi connectivity index (χ1n) is 9.72. The van der Waals surface area contributed by atoms with E-state index in [1.807, 2.05) is 0 Å². The lowest BCUT2D eigenvalue weighted by Gasteiger charge is -2.47. The summed E-state index contributed by atoms with van der Waals surface area (Å²) >= 11 is 0. The lowest BCUT2D eigenvalue weighted by molar-refractivity contribution is -0.256. The maximum Gasteiger partial charge on any atom is 0.395 e. The fraction of sp³-hybridized carbons (Fsp3) is 0.619. The van der Waals surface area contributed by atoms with Gasteiger partial charge in [0.1, 0.15) is 0 Å². The van der Waals surface area contributed by atoms with Gasteiger partial charge in [0.15, 0.2) is 0 Å². The fourth-order valence-electron chi connectivity index (χ4n) is 4.74. The molecular weight excluding hydrogens is 337 g/mol. The number of piperidine rings is 1. The summed E-state index contributed by atoms with van der Waals surface area (Å²) in [6.07, 6.45) is -0.741. The molecule has 1 aliphatic carbocycles. The highest BCUT2D eigenvalue weighted by molar-refractivity contribution is 5.81. The summed E-state index contributed by atoms with van der Waals surface area (Å²) in [5.41, 5.74) is 1.10. The van der Waals surface area contributed by atoms with Crippen LogP contribution in [0.15, 0.2) is 30.3 Å². The van der Waals surface area contributed by atoms with Crippen molar-refractivity contribution < 1.29 is 13.2 Å². The van der Waals surface area contributed by atoms with Crippen LogP contribution in [0.3, 0.4) is 0 Å². The third-order valence-electron chi connectivity index (χ3n) is 6.60. The molecule has 1 aromatic heterocycles. The predicted octanol–water partition coefficient (Wildman–Crippen LogP) is 5.39. The zero-order chi connectivity index (χ0) is 18.4. The molecule has 2 aromatic rings. The first-order chi connectivity index (χ1) is 12.4. The first kappa shape index (κ1) is 17.9. The van der Waals surface area contributed by atoms with Crippen LogP contribution >= 0.6 is 0 Å². The molecule has 1 saturated carbocycles. The van der Waals surface area contributed by atoms with Crippen molar-refractivity contribution in [3.8, 4) is 0 Å². The Labute approximate surface area is 153 Å². The number of benzene rings is 1. The Morgan fingerprint density at radius 3 is 2.42 bits per heavy atom. The van der Waals surface area contributed by atoms with Crippen molar-refractivity contribution in [2.24, 2.45) is 11.3 Å². The molecule has 2 aliphatic rings. The van der Waals surface area contributed by atoms with Crippen LogP contribution < -0.4 is 0 Å². The molecular formula is C21H27F3N2. The van der Waals surface area contributed by atoms with E-state index in [0.717, 1.165) is 38.9 Å². The molecule has 1 aliphatic heterocycles. The van der Waals surface area contributed by atoms with Crippen molar-refractivity contribution in [3.05, 3.63) is 36.0 Å². The normalized spacial score (nSPS) is 21.8. The number of aromatic nitrogens is 1. The van der Waals surface area contributed by atoms with Crippen molar-refractivity contribution in [2.45, 2.75) is 51.7 Å². The highest BCUT2D eigenvalue weighted by Gasteiger charge is 2.58. The van der Waals surface area contributed by atoms with E-state index in [1.165, 1.54) is 16.6 Å². The van der Waals surface area contributed by atoms with Crippen LogP contribution in [-0.4, -0.2) is 35.3 Å². The topological polar surface area (TPSA) is 8.17 Å². The van der Waals surface area contributed by atoms with E-state index in [0.29, 0.717) is 18.8 Å². The molecule has 2 heterocycles. The number of hydrogen-bond donors (Lipinski definition) is 0. The Bertz CT molecular complexity index is 765. The number of aryl methyl sites for hydroxylation is 1. The standard InChI is InChI=1S/C21H27F3N2/c1-16-13-18-5-2-3-6-19(18)26(16)14-17-7-11-25(12-8-17)15-20(9-4-10-20)21(22,23)24/h2-3,5-6,13,17H,4,7-12,14-15H2,1H3. The summed E-state index contributed by atoms with van der Waals surface area (Å²) in [7, 11) is 0. The Kier molecular flexibility index (Phi) is 4.54. The van der Waals surface area contributed by atoms with E-state index < -0.39 is 11.6 Å². The van der Waals surface area contributed by atoms with Gasteiger partial charge in [0.05, 0.1) is 5.41 Å². The summed E-state index contributed by atoms with van der Waals surface area (Å²) < 4.78 is 42.6. The average molecular weight is 364 g/mol. The number of nitrogens with zero attached hydrogens (tertiary/aromatic N) is 2. The second-order valence-electron chi connectivity index (χ2n) is 8.31. The van der Waals surface area contributed by atoms with Crippen molar-refractivity contribution >= 4 is 10.9 Å². The molecule has 2 nitrogen and oxygen atoms in total. The molecule has 26 heavy (non-hydrogen) atoms. The summed E-state index contributed by atoms with van der Waals surface area (Å²) in [4.78, 5) is 2.06. The minimum absolute atomic E-state index is 0.203. The molecule has 2 fully saturated rings. The molecule has 4 rings (SSSR count). The van der Waals surface area contributed by atoms with Gasteiger partial charge in [-0.1, -0.05) is 24.6 Å². The Morgan fingerprint density at radius 2 is 1.81 bits per heavy atom. The van der Waals surface area contributed by atoms with Gasteiger partial charge in [0, 0.05) is 24.3 Å². The maximum absolute atomic E-state index is 13.4. The van der Waals surface area contributed by atoms with Crippen LogP contribution in [0.1, 0.15) is 37.8 Å². The summed E-state index contributed by atoms with van der Waals surface area (Å²) in [6.45, 7) is 4.90. The monoisotopic (exact) mass is 364 g/mol. The van der Waals surface area contributed by atoms with Crippen LogP contribution in [0.4, 0.5) is 13.2 Å². The molecule has 142 valence electrons. The van der Waals surface area contributed by atoms with Gasteiger partial charge in [-0.25, -0.2) is 0 Å². The van der Waals surface area contributed by atoms with Crippen LogP contribution in [-0.2, 0) is 6.54 Å². The highest BCUT2D eigenvalue weighted by atomic mass is 19.4. The summed E-state index contributed by atoms with van der Waals surface area (Å²) in [5, 5.41) is 1.26. The van der Waals surface area contributed by atoms with E-state index in [4.69, 9.17) is 0 Å². The molecule has 1 saturated heterocycles. The quantitative estimate of drug-likeness (QED) is 0.706. The Morgan fingerprint density at radius 1 is 1.12 bits per heavy atom. The first-order valence-corrected chi connectivity index (χ1v) is 9.72. The van der Waals surface area contributed by atoms with E-state index in [2.05, 4.69) is 46.7 Å². The Balaban J connectivity index is 1.37. The second kappa shape index (κ2) is 6.59. The third kappa shape index (κ3) is 3.15. The maximum atomic E-state index is 13.4. The van der Waals surface area contributed by atoms with E-state index in [1.54, 1.807) is 0 Å².